The standard InChI is InChI=1S/C15H17N3O3/c1-3-10(2)18(9-13(19)20)15(21)11-5-4-6-12-14(11)17-8-7-16-12/h4-8,10H,3,9H2,1-2H3,(H,19,20). The van der Waals surface area contributed by atoms with E-state index in [2.05, 4.69) is 9.97 Å². The summed E-state index contributed by atoms with van der Waals surface area (Å²) < 4.78 is 0. The molecule has 1 aromatic carbocycles. The third-order valence-corrected chi connectivity index (χ3v) is 3.42. The summed E-state index contributed by atoms with van der Waals surface area (Å²) in [4.78, 5) is 33.4. The van der Waals surface area contributed by atoms with Crippen LogP contribution in [0.5, 0.6) is 0 Å². The Morgan fingerprint density at radius 3 is 2.67 bits per heavy atom. The van der Waals surface area contributed by atoms with Gasteiger partial charge in [0.1, 0.15) is 12.1 Å². The van der Waals surface area contributed by atoms with Crippen LogP contribution in [0.2, 0.25) is 0 Å². The van der Waals surface area contributed by atoms with Gasteiger partial charge in [0.25, 0.3) is 5.91 Å². The molecule has 0 spiro atoms. The first-order valence-electron chi connectivity index (χ1n) is 6.77. The molecule has 2 rings (SSSR count). The monoisotopic (exact) mass is 287 g/mol. The van der Waals surface area contributed by atoms with Crippen molar-refractivity contribution in [2.45, 2.75) is 26.3 Å². The lowest BCUT2D eigenvalue weighted by molar-refractivity contribution is -0.138. The van der Waals surface area contributed by atoms with Crippen LogP contribution in [0.4, 0.5) is 0 Å². The molecule has 0 aliphatic rings. The molecular formula is C15H17N3O3. The van der Waals surface area contributed by atoms with E-state index in [4.69, 9.17) is 5.11 Å². The van der Waals surface area contributed by atoms with Crippen LogP contribution in [-0.4, -0.2) is 44.4 Å². The highest BCUT2D eigenvalue weighted by atomic mass is 16.4. The fourth-order valence-electron chi connectivity index (χ4n) is 2.11. The minimum absolute atomic E-state index is 0.166. The first kappa shape index (κ1) is 14.9. The van der Waals surface area contributed by atoms with Crippen molar-refractivity contribution in [2.24, 2.45) is 0 Å². The summed E-state index contributed by atoms with van der Waals surface area (Å²) in [7, 11) is 0. The molecule has 2 aromatic rings. The number of carboxylic acid groups (broad SMARTS) is 1. The Bertz CT molecular complexity index is 667. The third-order valence-electron chi connectivity index (χ3n) is 3.42. The van der Waals surface area contributed by atoms with E-state index >= 15 is 0 Å². The van der Waals surface area contributed by atoms with Crippen molar-refractivity contribution in [1.29, 1.82) is 0 Å². The largest absolute Gasteiger partial charge is 0.480 e. The summed E-state index contributed by atoms with van der Waals surface area (Å²) in [6.45, 7) is 3.41. The SMILES string of the molecule is CCC(C)N(CC(=O)O)C(=O)c1cccc2nccnc12. The molecule has 0 saturated heterocycles. The molecular weight excluding hydrogens is 270 g/mol. The summed E-state index contributed by atoms with van der Waals surface area (Å²) in [6.07, 6.45) is 3.75. The number of carbonyl (C=O) groups is 2. The zero-order chi connectivity index (χ0) is 15.4. The van der Waals surface area contributed by atoms with E-state index in [1.54, 1.807) is 24.4 Å². The van der Waals surface area contributed by atoms with Crippen molar-refractivity contribution >= 4 is 22.9 Å². The highest BCUT2D eigenvalue weighted by Gasteiger charge is 2.24. The Kier molecular flexibility index (Phi) is 4.47. The Hall–Kier alpha value is -2.50. The van der Waals surface area contributed by atoms with Gasteiger partial charge < -0.3 is 10.0 Å². The van der Waals surface area contributed by atoms with Crippen molar-refractivity contribution in [3.63, 3.8) is 0 Å². The molecule has 6 heteroatoms. The Balaban J connectivity index is 2.45. The van der Waals surface area contributed by atoms with Gasteiger partial charge in [0.15, 0.2) is 0 Å². The number of rotatable bonds is 5. The predicted molar refractivity (Wildman–Crippen MR) is 78.0 cm³/mol. The first-order chi connectivity index (χ1) is 10.0. The van der Waals surface area contributed by atoms with Gasteiger partial charge in [-0.05, 0) is 25.5 Å². The molecule has 1 N–H and O–H groups in total. The van der Waals surface area contributed by atoms with Gasteiger partial charge in [-0.1, -0.05) is 13.0 Å². The molecule has 1 aromatic heterocycles. The molecule has 1 heterocycles. The van der Waals surface area contributed by atoms with Crippen LogP contribution in [0.3, 0.4) is 0 Å². The van der Waals surface area contributed by atoms with Gasteiger partial charge in [0.2, 0.25) is 0 Å². The molecule has 110 valence electrons. The van der Waals surface area contributed by atoms with Crippen LogP contribution >= 0.6 is 0 Å². The molecule has 0 fully saturated rings. The molecule has 1 atom stereocenters. The van der Waals surface area contributed by atoms with Gasteiger partial charge in [-0.2, -0.15) is 0 Å². The van der Waals surface area contributed by atoms with E-state index < -0.39 is 5.97 Å². The molecule has 6 nitrogen and oxygen atoms in total. The van der Waals surface area contributed by atoms with E-state index in [0.29, 0.717) is 23.0 Å². The van der Waals surface area contributed by atoms with E-state index in [1.165, 1.54) is 11.1 Å². The Morgan fingerprint density at radius 2 is 2.00 bits per heavy atom. The summed E-state index contributed by atoms with van der Waals surface area (Å²) >= 11 is 0. The third kappa shape index (κ3) is 3.16. The van der Waals surface area contributed by atoms with Crippen LogP contribution in [0.15, 0.2) is 30.6 Å². The van der Waals surface area contributed by atoms with E-state index in [0.717, 1.165) is 0 Å². The number of carbonyl (C=O) groups excluding carboxylic acids is 1. The maximum Gasteiger partial charge on any atom is 0.323 e. The molecule has 0 aliphatic heterocycles. The molecule has 0 aliphatic carbocycles. The second-order valence-corrected chi connectivity index (χ2v) is 4.81. The van der Waals surface area contributed by atoms with Crippen LogP contribution < -0.4 is 0 Å². The number of aliphatic carboxylic acids is 1. The number of hydrogen-bond donors (Lipinski definition) is 1. The molecule has 0 radical (unpaired) electrons. The average Bonchev–Trinajstić information content (AvgIpc) is 2.50. The van der Waals surface area contributed by atoms with Gasteiger partial charge >= 0.3 is 5.97 Å². The zero-order valence-corrected chi connectivity index (χ0v) is 12.0. The summed E-state index contributed by atoms with van der Waals surface area (Å²) in [5, 5.41) is 9.02. The Morgan fingerprint density at radius 1 is 1.29 bits per heavy atom. The van der Waals surface area contributed by atoms with Crippen molar-refractivity contribution < 1.29 is 14.7 Å². The summed E-state index contributed by atoms with van der Waals surface area (Å²) in [5.74, 6) is -1.37. The van der Waals surface area contributed by atoms with E-state index in [9.17, 15) is 9.59 Å². The van der Waals surface area contributed by atoms with Gasteiger partial charge in [-0.25, -0.2) is 0 Å². The van der Waals surface area contributed by atoms with Crippen molar-refractivity contribution in [1.82, 2.24) is 14.9 Å². The number of carboxylic acids is 1. The van der Waals surface area contributed by atoms with E-state index in [1.807, 2.05) is 13.8 Å². The quantitative estimate of drug-likeness (QED) is 0.908. The lowest BCUT2D eigenvalue weighted by atomic mass is 10.1. The maximum absolute atomic E-state index is 12.7. The van der Waals surface area contributed by atoms with Gasteiger partial charge in [0.05, 0.1) is 11.1 Å². The Labute approximate surface area is 122 Å². The van der Waals surface area contributed by atoms with E-state index in [-0.39, 0.29) is 18.5 Å². The normalized spacial score (nSPS) is 12.1. The molecule has 21 heavy (non-hydrogen) atoms. The molecule has 1 amide bonds. The molecule has 1 unspecified atom stereocenters. The molecule has 0 saturated carbocycles. The predicted octanol–water partition coefficient (Wildman–Crippen LogP) is 1.96. The van der Waals surface area contributed by atoms with Crippen molar-refractivity contribution in [3.8, 4) is 0 Å². The first-order valence-corrected chi connectivity index (χ1v) is 6.77. The summed E-state index contributed by atoms with van der Waals surface area (Å²) in [6, 6.07) is 4.97. The number of hydrogen-bond acceptors (Lipinski definition) is 4. The second-order valence-electron chi connectivity index (χ2n) is 4.81. The second kappa shape index (κ2) is 6.30. The number of benzene rings is 1. The highest BCUT2D eigenvalue weighted by molar-refractivity contribution is 6.05. The van der Waals surface area contributed by atoms with Gasteiger partial charge in [-0.15, -0.1) is 0 Å². The van der Waals surface area contributed by atoms with Crippen LogP contribution in [0, 0.1) is 0 Å². The number of aromatic nitrogens is 2. The minimum Gasteiger partial charge on any atom is -0.480 e. The fraction of sp³-hybridized carbons (Fsp3) is 0.333. The smallest absolute Gasteiger partial charge is 0.323 e. The molecule has 0 bridgehead atoms. The minimum atomic E-state index is -1.03. The lowest BCUT2D eigenvalue weighted by Crippen LogP contribution is -2.42. The maximum atomic E-state index is 12.7. The van der Waals surface area contributed by atoms with Gasteiger partial charge in [0, 0.05) is 18.4 Å². The number of fused-ring (bicyclic) bond motifs is 1. The van der Waals surface area contributed by atoms with Crippen LogP contribution in [-0.2, 0) is 4.79 Å². The topological polar surface area (TPSA) is 83.4 Å². The number of amides is 1. The van der Waals surface area contributed by atoms with Gasteiger partial charge in [-0.3, -0.25) is 19.6 Å². The zero-order valence-electron chi connectivity index (χ0n) is 12.0. The average molecular weight is 287 g/mol. The number of nitrogens with zero attached hydrogens (tertiary/aromatic N) is 3. The summed E-state index contributed by atoms with van der Waals surface area (Å²) in [5.41, 5.74) is 1.48. The lowest BCUT2D eigenvalue weighted by Gasteiger charge is -2.27. The van der Waals surface area contributed by atoms with Crippen molar-refractivity contribution in [3.05, 3.63) is 36.2 Å². The van der Waals surface area contributed by atoms with Crippen LogP contribution in [0.1, 0.15) is 30.6 Å². The van der Waals surface area contributed by atoms with Crippen molar-refractivity contribution in [2.75, 3.05) is 6.54 Å². The van der Waals surface area contributed by atoms with Crippen LogP contribution in [0.25, 0.3) is 11.0 Å². The highest BCUT2D eigenvalue weighted by Crippen LogP contribution is 2.18. The number of para-hydroxylation sites is 1. The fourth-order valence-corrected chi connectivity index (χ4v) is 2.11.